The molecule has 1 N–H and O–H groups in total. The third-order valence-electron chi connectivity index (χ3n) is 5.08. The number of nitrogens with one attached hydrogen (secondary N) is 1. The molecular weight excluding hydrogens is 362 g/mol. The summed E-state index contributed by atoms with van der Waals surface area (Å²) in [5.74, 6) is 0.932. The van der Waals surface area contributed by atoms with Crippen molar-refractivity contribution >= 4 is 26.7 Å². The molecule has 1 saturated heterocycles. The number of aromatic nitrogens is 3. The number of piperazine rings is 1. The third kappa shape index (κ3) is 3.08. The Kier molecular flexibility index (Phi) is 4.39. The molecule has 4 rings (SSSR count). The molecule has 1 aromatic carbocycles. The van der Waals surface area contributed by atoms with E-state index in [9.17, 15) is 8.42 Å². The number of hydrogen-bond acceptors (Lipinski definition) is 5. The second-order valence-electron chi connectivity index (χ2n) is 6.98. The molecule has 0 amide bonds. The van der Waals surface area contributed by atoms with Crippen molar-refractivity contribution in [3.05, 3.63) is 47.3 Å². The summed E-state index contributed by atoms with van der Waals surface area (Å²) in [6.45, 7) is 7.60. The van der Waals surface area contributed by atoms with E-state index >= 15 is 0 Å². The van der Waals surface area contributed by atoms with E-state index in [0.717, 1.165) is 22.3 Å². The first-order chi connectivity index (χ1) is 12.9. The average Bonchev–Trinajstić information content (AvgIpc) is 3.00. The highest BCUT2D eigenvalue weighted by molar-refractivity contribution is 7.89. The van der Waals surface area contributed by atoms with Gasteiger partial charge in [0.15, 0.2) is 0 Å². The number of aryl methyl sites for hydroxylation is 3. The zero-order chi connectivity index (χ0) is 19.2. The van der Waals surface area contributed by atoms with Gasteiger partial charge in [-0.25, -0.2) is 13.4 Å². The molecule has 1 aliphatic heterocycles. The standard InChI is InChI=1S/C19H23N5O2S/c1-13-12-16-6-4-5-7-17(16)20-19(13)23-8-10-24(11-9-23)27(25,26)18-14(2)21-22-15(18)3/h4-7,12H,8-11H2,1-3H3,(H,21,22). The minimum atomic E-state index is -3.54. The predicted molar refractivity (Wildman–Crippen MR) is 106 cm³/mol. The topological polar surface area (TPSA) is 82.2 Å². The van der Waals surface area contributed by atoms with Gasteiger partial charge in [-0.15, -0.1) is 0 Å². The number of fused-ring (bicyclic) bond motifs is 1. The van der Waals surface area contributed by atoms with Gasteiger partial charge in [0.2, 0.25) is 10.0 Å². The number of rotatable bonds is 3. The van der Waals surface area contributed by atoms with Crippen molar-refractivity contribution < 1.29 is 8.42 Å². The molecule has 142 valence electrons. The lowest BCUT2D eigenvalue weighted by Crippen LogP contribution is -2.49. The SMILES string of the molecule is Cc1cc2ccccc2nc1N1CCN(S(=O)(=O)c2c(C)n[nH]c2C)CC1. The second kappa shape index (κ2) is 6.61. The number of hydrogen-bond donors (Lipinski definition) is 1. The Balaban J connectivity index is 1.57. The Hall–Kier alpha value is -2.45. The first kappa shape index (κ1) is 17.9. The van der Waals surface area contributed by atoms with Crippen molar-refractivity contribution in [3.8, 4) is 0 Å². The molecule has 1 aliphatic rings. The second-order valence-corrected chi connectivity index (χ2v) is 8.85. The highest BCUT2D eigenvalue weighted by atomic mass is 32.2. The van der Waals surface area contributed by atoms with Crippen molar-refractivity contribution in [2.24, 2.45) is 0 Å². The van der Waals surface area contributed by atoms with Crippen molar-refractivity contribution in [1.29, 1.82) is 0 Å². The van der Waals surface area contributed by atoms with Crippen LogP contribution in [0.1, 0.15) is 17.0 Å². The van der Waals surface area contributed by atoms with Gasteiger partial charge in [-0.1, -0.05) is 18.2 Å². The number of para-hydroxylation sites is 1. The van der Waals surface area contributed by atoms with E-state index < -0.39 is 10.0 Å². The summed E-state index contributed by atoms with van der Waals surface area (Å²) in [5.41, 5.74) is 3.16. The van der Waals surface area contributed by atoms with Crippen LogP contribution in [0.2, 0.25) is 0 Å². The number of pyridine rings is 1. The zero-order valence-corrected chi connectivity index (χ0v) is 16.5. The highest BCUT2D eigenvalue weighted by Crippen LogP contribution is 2.26. The van der Waals surface area contributed by atoms with E-state index in [1.165, 1.54) is 0 Å². The molecule has 8 heteroatoms. The van der Waals surface area contributed by atoms with Gasteiger partial charge in [0, 0.05) is 31.6 Å². The Morgan fingerprint density at radius 3 is 2.41 bits per heavy atom. The van der Waals surface area contributed by atoms with Crippen LogP contribution in [0, 0.1) is 20.8 Å². The maximum Gasteiger partial charge on any atom is 0.246 e. The van der Waals surface area contributed by atoms with Crippen LogP contribution in [0.4, 0.5) is 5.82 Å². The molecular formula is C19H23N5O2S. The van der Waals surface area contributed by atoms with Gasteiger partial charge >= 0.3 is 0 Å². The van der Waals surface area contributed by atoms with E-state index in [1.54, 1.807) is 18.2 Å². The predicted octanol–water partition coefficient (Wildman–Crippen LogP) is 2.39. The monoisotopic (exact) mass is 385 g/mol. The maximum atomic E-state index is 13.0. The lowest BCUT2D eigenvalue weighted by Gasteiger charge is -2.35. The molecule has 0 radical (unpaired) electrons. The van der Waals surface area contributed by atoms with Crippen LogP contribution in [0.5, 0.6) is 0 Å². The molecule has 0 bridgehead atoms. The Morgan fingerprint density at radius 2 is 1.74 bits per heavy atom. The van der Waals surface area contributed by atoms with Crippen LogP contribution >= 0.6 is 0 Å². The summed E-state index contributed by atoms with van der Waals surface area (Å²) < 4.78 is 27.6. The van der Waals surface area contributed by atoms with Crippen LogP contribution in [-0.4, -0.2) is 54.1 Å². The molecule has 27 heavy (non-hydrogen) atoms. The van der Waals surface area contributed by atoms with Crippen LogP contribution in [-0.2, 0) is 10.0 Å². The van der Waals surface area contributed by atoms with Crippen molar-refractivity contribution in [1.82, 2.24) is 19.5 Å². The van der Waals surface area contributed by atoms with Crippen LogP contribution in [0.25, 0.3) is 10.9 Å². The lowest BCUT2D eigenvalue weighted by atomic mass is 10.1. The minimum Gasteiger partial charge on any atom is -0.354 e. The fourth-order valence-electron chi connectivity index (χ4n) is 3.72. The summed E-state index contributed by atoms with van der Waals surface area (Å²) in [7, 11) is -3.54. The van der Waals surface area contributed by atoms with Gasteiger partial charge in [0.05, 0.1) is 16.9 Å². The van der Waals surface area contributed by atoms with Crippen molar-refractivity contribution in [2.75, 3.05) is 31.1 Å². The van der Waals surface area contributed by atoms with Gasteiger partial charge in [0.1, 0.15) is 10.7 Å². The van der Waals surface area contributed by atoms with Gasteiger partial charge in [0.25, 0.3) is 0 Å². The van der Waals surface area contributed by atoms with Gasteiger partial charge in [-0.05, 0) is 38.5 Å². The Morgan fingerprint density at radius 1 is 1.04 bits per heavy atom. The summed E-state index contributed by atoms with van der Waals surface area (Å²) in [4.78, 5) is 7.28. The Bertz CT molecular complexity index is 1080. The molecule has 0 unspecified atom stereocenters. The normalized spacial score (nSPS) is 16.2. The number of nitrogens with zero attached hydrogens (tertiary/aromatic N) is 4. The van der Waals surface area contributed by atoms with E-state index in [1.807, 2.05) is 18.2 Å². The molecule has 2 aromatic heterocycles. The molecule has 7 nitrogen and oxygen atoms in total. The minimum absolute atomic E-state index is 0.302. The van der Waals surface area contributed by atoms with E-state index in [4.69, 9.17) is 4.98 Å². The molecule has 0 atom stereocenters. The first-order valence-electron chi connectivity index (χ1n) is 9.01. The van der Waals surface area contributed by atoms with Crippen molar-refractivity contribution in [3.63, 3.8) is 0 Å². The number of sulfonamides is 1. The molecule has 1 fully saturated rings. The lowest BCUT2D eigenvalue weighted by molar-refractivity contribution is 0.383. The Labute approximate surface area is 159 Å². The summed E-state index contributed by atoms with van der Waals surface area (Å²) >= 11 is 0. The zero-order valence-electron chi connectivity index (χ0n) is 15.7. The molecule has 0 aliphatic carbocycles. The van der Waals surface area contributed by atoms with Gasteiger partial charge in [-0.2, -0.15) is 9.40 Å². The van der Waals surface area contributed by atoms with Crippen LogP contribution in [0.3, 0.4) is 0 Å². The fraction of sp³-hybridized carbons (Fsp3) is 0.368. The number of anilines is 1. The van der Waals surface area contributed by atoms with Crippen LogP contribution < -0.4 is 4.90 Å². The summed E-state index contributed by atoms with van der Waals surface area (Å²) in [5, 5.41) is 7.91. The van der Waals surface area contributed by atoms with Crippen molar-refractivity contribution in [2.45, 2.75) is 25.7 Å². The largest absolute Gasteiger partial charge is 0.354 e. The summed E-state index contributed by atoms with van der Waals surface area (Å²) in [6, 6.07) is 10.2. The molecule has 3 aromatic rings. The van der Waals surface area contributed by atoms with E-state index in [0.29, 0.717) is 42.5 Å². The smallest absolute Gasteiger partial charge is 0.246 e. The van der Waals surface area contributed by atoms with Gasteiger partial charge < -0.3 is 4.90 Å². The molecule has 0 saturated carbocycles. The van der Waals surface area contributed by atoms with E-state index in [-0.39, 0.29) is 0 Å². The van der Waals surface area contributed by atoms with E-state index in [2.05, 4.69) is 34.2 Å². The number of aromatic amines is 1. The quantitative estimate of drug-likeness (QED) is 0.749. The summed E-state index contributed by atoms with van der Waals surface area (Å²) in [6.07, 6.45) is 0. The fourth-order valence-corrected chi connectivity index (χ4v) is 5.48. The maximum absolute atomic E-state index is 13.0. The average molecular weight is 385 g/mol. The van der Waals surface area contributed by atoms with Gasteiger partial charge in [-0.3, -0.25) is 5.10 Å². The number of benzene rings is 1. The molecule has 0 spiro atoms. The number of H-pyrrole nitrogens is 1. The third-order valence-corrected chi connectivity index (χ3v) is 7.25. The molecule has 3 heterocycles. The first-order valence-corrected chi connectivity index (χ1v) is 10.4. The highest BCUT2D eigenvalue weighted by Gasteiger charge is 2.32. The van der Waals surface area contributed by atoms with Crippen LogP contribution in [0.15, 0.2) is 35.2 Å².